The number of thioether (sulfide) groups is 1. The number of carbonyl (C=O) groups is 3. The van der Waals surface area contributed by atoms with Gasteiger partial charge in [-0.05, 0) is 71.3 Å². The van der Waals surface area contributed by atoms with Crippen LogP contribution in [0.1, 0.15) is 26.3 Å². The van der Waals surface area contributed by atoms with Crippen LogP contribution in [-0.2, 0) is 4.79 Å². The maximum atomic E-state index is 13.4. The molecule has 0 radical (unpaired) electrons. The highest BCUT2D eigenvalue weighted by Crippen LogP contribution is 2.24. The van der Waals surface area contributed by atoms with Gasteiger partial charge in [0, 0.05) is 21.7 Å². The zero-order valence-corrected chi connectivity index (χ0v) is 24.6. The van der Waals surface area contributed by atoms with Crippen molar-refractivity contribution < 1.29 is 14.4 Å². The highest BCUT2D eigenvalue weighted by Gasteiger charge is 2.16. The molecule has 2 N–H and O–H groups in total. The van der Waals surface area contributed by atoms with Gasteiger partial charge in [-0.1, -0.05) is 96.5 Å². The van der Waals surface area contributed by atoms with Crippen LogP contribution in [-0.4, -0.2) is 23.4 Å². The Kier molecular flexibility index (Phi) is 9.85. The zero-order valence-electron chi connectivity index (χ0n) is 23.0. The molecule has 43 heavy (non-hydrogen) atoms. The highest BCUT2D eigenvalue weighted by molar-refractivity contribution is 8.00. The van der Waals surface area contributed by atoms with Crippen molar-refractivity contribution >= 4 is 52.7 Å². The Morgan fingerprint density at radius 3 is 1.95 bits per heavy atom. The van der Waals surface area contributed by atoms with E-state index in [4.69, 9.17) is 11.6 Å². The lowest BCUT2D eigenvalue weighted by Gasteiger charge is -2.12. The molecule has 5 rings (SSSR count). The number of amides is 2. The van der Waals surface area contributed by atoms with Gasteiger partial charge in [0.1, 0.15) is 5.70 Å². The zero-order chi connectivity index (χ0) is 30.0. The summed E-state index contributed by atoms with van der Waals surface area (Å²) in [5, 5.41) is 6.07. The lowest BCUT2D eigenvalue weighted by Crippen LogP contribution is -2.30. The first-order valence-corrected chi connectivity index (χ1v) is 14.9. The van der Waals surface area contributed by atoms with Crippen LogP contribution < -0.4 is 10.6 Å². The van der Waals surface area contributed by atoms with Gasteiger partial charge in [-0.3, -0.25) is 14.4 Å². The van der Waals surface area contributed by atoms with E-state index in [0.717, 1.165) is 21.6 Å². The number of hydrogen-bond donors (Lipinski definition) is 2. The molecule has 0 aliphatic heterocycles. The van der Waals surface area contributed by atoms with Gasteiger partial charge in [0.15, 0.2) is 5.78 Å². The second-order valence-electron chi connectivity index (χ2n) is 9.54. The third-order valence-electron chi connectivity index (χ3n) is 6.51. The van der Waals surface area contributed by atoms with Gasteiger partial charge in [-0.15, -0.1) is 11.8 Å². The molecular weight excluding hydrogens is 576 g/mol. The molecule has 212 valence electrons. The molecule has 7 heteroatoms. The quantitative estimate of drug-likeness (QED) is 0.0956. The van der Waals surface area contributed by atoms with E-state index in [0.29, 0.717) is 21.8 Å². The molecule has 0 heterocycles. The number of carbonyl (C=O) groups excluding carboxylic acids is 3. The van der Waals surface area contributed by atoms with E-state index < -0.39 is 11.8 Å². The molecule has 2 amide bonds. The number of rotatable bonds is 10. The summed E-state index contributed by atoms with van der Waals surface area (Å²) in [6.07, 6.45) is 1.65. The molecule has 0 saturated heterocycles. The van der Waals surface area contributed by atoms with Gasteiger partial charge in [0.25, 0.3) is 11.8 Å². The van der Waals surface area contributed by atoms with Crippen molar-refractivity contribution in [3.63, 3.8) is 0 Å². The summed E-state index contributed by atoms with van der Waals surface area (Å²) < 4.78 is 0. The third kappa shape index (κ3) is 8.10. The van der Waals surface area contributed by atoms with Crippen LogP contribution in [0.4, 0.5) is 5.69 Å². The van der Waals surface area contributed by atoms with Crippen LogP contribution in [0.2, 0.25) is 5.02 Å². The van der Waals surface area contributed by atoms with E-state index in [1.807, 2.05) is 72.8 Å². The Morgan fingerprint density at radius 2 is 1.28 bits per heavy atom. The molecule has 5 aromatic carbocycles. The monoisotopic (exact) mass is 602 g/mol. The van der Waals surface area contributed by atoms with Crippen molar-refractivity contribution in [1.82, 2.24) is 5.32 Å². The molecule has 0 aliphatic rings. The number of ketones is 1. The summed E-state index contributed by atoms with van der Waals surface area (Å²) >= 11 is 7.53. The average Bonchev–Trinajstić information content (AvgIpc) is 3.05. The number of halogens is 1. The van der Waals surface area contributed by atoms with Crippen LogP contribution in [0, 0.1) is 0 Å². The van der Waals surface area contributed by atoms with Crippen molar-refractivity contribution in [2.75, 3.05) is 11.1 Å². The lowest BCUT2D eigenvalue weighted by molar-refractivity contribution is -0.113. The van der Waals surface area contributed by atoms with E-state index in [1.54, 1.807) is 66.7 Å². The summed E-state index contributed by atoms with van der Waals surface area (Å²) in [6.45, 7) is 0. The molecule has 0 bridgehead atoms. The van der Waals surface area contributed by atoms with E-state index >= 15 is 0 Å². The Balaban J connectivity index is 1.29. The topological polar surface area (TPSA) is 75.3 Å². The van der Waals surface area contributed by atoms with Gasteiger partial charge in [0.2, 0.25) is 0 Å². The summed E-state index contributed by atoms with van der Waals surface area (Å²) in [4.78, 5) is 39.8. The maximum Gasteiger partial charge on any atom is 0.272 e. The molecule has 5 aromatic rings. The first kappa shape index (κ1) is 29.6. The second-order valence-corrected chi connectivity index (χ2v) is 11.0. The number of Topliss-reactive ketones (excluding diaryl/α,β-unsaturated/α-hetero) is 1. The molecule has 0 aromatic heterocycles. The summed E-state index contributed by atoms with van der Waals surface area (Å²) in [5.41, 5.74) is 4.47. The predicted octanol–water partition coefficient (Wildman–Crippen LogP) is 8.39. The molecule has 0 unspecified atom stereocenters. The molecule has 0 spiro atoms. The van der Waals surface area contributed by atoms with Crippen LogP contribution in [0.3, 0.4) is 0 Å². The van der Waals surface area contributed by atoms with E-state index in [1.165, 1.54) is 11.8 Å². The Bertz CT molecular complexity index is 1750. The van der Waals surface area contributed by atoms with Gasteiger partial charge in [-0.2, -0.15) is 0 Å². The fourth-order valence-electron chi connectivity index (χ4n) is 4.26. The van der Waals surface area contributed by atoms with Crippen molar-refractivity contribution in [2.45, 2.75) is 4.90 Å². The van der Waals surface area contributed by atoms with Crippen molar-refractivity contribution in [3.05, 3.63) is 161 Å². The second kappa shape index (κ2) is 14.3. The van der Waals surface area contributed by atoms with Crippen LogP contribution in [0.15, 0.2) is 144 Å². The lowest BCUT2D eigenvalue weighted by atomic mass is 10.0. The first-order chi connectivity index (χ1) is 21.0. The normalized spacial score (nSPS) is 11.0. The molecule has 0 saturated carbocycles. The van der Waals surface area contributed by atoms with Crippen LogP contribution >= 0.6 is 23.4 Å². The number of anilines is 1. The fraction of sp³-hybridized carbons (Fsp3) is 0.0278. The highest BCUT2D eigenvalue weighted by atomic mass is 35.5. The van der Waals surface area contributed by atoms with E-state index in [-0.39, 0.29) is 17.2 Å². The van der Waals surface area contributed by atoms with Gasteiger partial charge in [0.05, 0.1) is 10.8 Å². The largest absolute Gasteiger partial charge is 0.321 e. The summed E-state index contributed by atoms with van der Waals surface area (Å²) in [5.74, 6) is -0.686. The molecular formula is C36H27ClN2O3S. The number of hydrogen-bond acceptors (Lipinski definition) is 4. The maximum absolute atomic E-state index is 13.4. The van der Waals surface area contributed by atoms with Crippen LogP contribution in [0.25, 0.3) is 17.2 Å². The molecule has 0 atom stereocenters. The Labute approximate surface area is 259 Å². The smallest absolute Gasteiger partial charge is 0.272 e. The van der Waals surface area contributed by atoms with E-state index in [2.05, 4.69) is 10.6 Å². The van der Waals surface area contributed by atoms with Crippen LogP contribution in [0.5, 0.6) is 0 Å². The number of nitrogens with one attached hydrogen (secondary N) is 2. The van der Waals surface area contributed by atoms with Gasteiger partial charge < -0.3 is 10.6 Å². The molecule has 0 fully saturated rings. The Morgan fingerprint density at radius 1 is 0.674 bits per heavy atom. The van der Waals surface area contributed by atoms with Crippen molar-refractivity contribution in [3.8, 4) is 11.1 Å². The SMILES string of the molecule is O=C(Nc1ccc(SCC(=O)c2ccccc2Cl)cc1)/C(=C/c1ccc(-c2ccccc2)cc1)NC(=O)c1ccccc1. The predicted molar refractivity (Wildman–Crippen MR) is 175 cm³/mol. The van der Waals surface area contributed by atoms with Gasteiger partial charge >= 0.3 is 0 Å². The van der Waals surface area contributed by atoms with Crippen molar-refractivity contribution in [1.29, 1.82) is 0 Å². The minimum absolute atomic E-state index is 0.0614. The van der Waals surface area contributed by atoms with Gasteiger partial charge in [-0.25, -0.2) is 0 Å². The summed E-state index contributed by atoms with van der Waals surface area (Å²) in [7, 11) is 0. The van der Waals surface area contributed by atoms with Crippen molar-refractivity contribution in [2.24, 2.45) is 0 Å². The fourth-order valence-corrected chi connectivity index (χ4v) is 5.28. The summed E-state index contributed by atoms with van der Waals surface area (Å²) in [6, 6.07) is 40.6. The molecule has 5 nitrogen and oxygen atoms in total. The Hall–Kier alpha value is -4.91. The van der Waals surface area contributed by atoms with E-state index in [9.17, 15) is 14.4 Å². The molecule has 0 aliphatic carbocycles. The minimum atomic E-state index is -0.467. The standard InChI is InChI=1S/C36H27ClN2O3S/c37-32-14-8-7-13-31(32)34(40)24-43-30-21-19-29(20-22-30)38-36(42)33(39-35(41)28-11-5-2-6-12-28)23-25-15-17-27(18-16-25)26-9-3-1-4-10-26/h1-23H,24H2,(H,38,42)(H,39,41)/b33-23-. The number of benzene rings is 5. The third-order valence-corrected chi connectivity index (χ3v) is 7.86. The average molecular weight is 603 g/mol. The first-order valence-electron chi connectivity index (χ1n) is 13.5. The minimum Gasteiger partial charge on any atom is -0.321 e.